The Morgan fingerprint density at radius 2 is 1.88 bits per heavy atom. The molecule has 2 rings (SSSR count). The van der Waals surface area contributed by atoms with Crippen molar-refractivity contribution in [1.82, 2.24) is 15.4 Å². The minimum absolute atomic E-state index is 0.124. The van der Waals surface area contributed by atoms with Gasteiger partial charge in [-0.1, -0.05) is 23.9 Å². The smallest absolute Gasteiger partial charge is 0.253 e. The van der Waals surface area contributed by atoms with E-state index >= 15 is 0 Å². The van der Waals surface area contributed by atoms with Crippen molar-refractivity contribution in [2.75, 3.05) is 0 Å². The Morgan fingerprint density at radius 1 is 1.25 bits per heavy atom. The van der Waals surface area contributed by atoms with Crippen LogP contribution in [-0.2, 0) is 4.79 Å². The van der Waals surface area contributed by atoms with Crippen LogP contribution >= 0.6 is 11.8 Å². The number of aromatic nitrogens is 2. The molecule has 0 radical (unpaired) electrons. The van der Waals surface area contributed by atoms with E-state index in [9.17, 15) is 9.90 Å². The fourth-order valence-corrected chi connectivity index (χ4v) is 2.90. The number of aromatic hydroxyl groups is 1. The van der Waals surface area contributed by atoms with Gasteiger partial charge in [-0.2, -0.15) is 5.10 Å². The third-order valence-electron chi connectivity index (χ3n) is 3.24. The average Bonchev–Trinajstić information content (AvgIpc) is 2.51. The lowest BCUT2D eigenvalue weighted by molar-refractivity contribution is -0.120. The van der Waals surface area contributed by atoms with Gasteiger partial charge in [-0.15, -0.1) is 0 Å². The molecule has 0 aliphatic carbocycles. The van der Waals surface area contributed by atoms with Crippen molar-refractivity contribution in [1.29, 1.82) is 0 Å². The summed E-state index contributed by atoms with van der Waals surface area (Å²) in [5, 5.41) is 14.0. The van der Waals surface area contributed by atoms with Crippen LogP contribution in [0.4, 0.5) is 0 Å². The molecule has 2 aromatic rings. The molecule has 1 atom stereocenters. The molecule has 0 fully saturated rings. The molecule has 0 bridgehead atoms. The van der Waals surface area contributed by atoms with Gasteiger partial charge >= 0.3 is 0 Å². The van der Waals surface area contributed by atoms with Crippen molar-refractivity contribution >= 4 is 23.4 Å². The van der Waals surface area contributed by atoms with Crippen molar-refractivity contribution in [3.8, 4) is 5.75 Å². The summed E-state index contributed by atoms with van der Waals surface area (Å²) in [7, 11) is 0. The van der Waals surface area contributed by atoms with Crippen LogP contribution in [0.2, 0.25) is 0 Å². The Balaban J connectivity index is 2.01. The second kappa shape index (κ2) is 7.92. The molecule has 1 amide bonds. The van der Waals surface area contributed by atoms with Crippen molar-refractivity contribution in [3.05, 3.63) is 47.3 Å². The van der Waals surface area contributed by atoms with E-state index in [0.29, 0.717) is 16.4 Å². The van der Waals surface area contributed by atoms with Gasteiger partial charge in [0.25, 0.3) is 5.91 Å². The number of carbonyl (C=O) groups is 1. The Bertz CT molecular complexity index is 757. The van der Waals surface area contributed by atoms with E-state index in [1.54, 1.807) is 38.1 Å². The number of para-hydroxylation sites is 1. The summed E-state index contributed by atoms with van der Waals surface area (Å²) >= 11 is 1.28. The normalized spacial score (nSPS) is 12.8. The van der Waals surface area contributed by atoms with Gasteiger partial charge in [0, 0.05) is 17.0 Å². The molecule has 7 heteroatoms. The summed E-state index contributed by atoms with van der Waals surface area (Å²) < 4.78 is 0. The third kappa shape index (κ3) is 4.79. The van der Waals surface area contributed by atoms with Crippen LogP contribution in [0.5, 0.6) is 5.75 Å². The van der Waals surface area contributed by atoms with E-state index in [-0.39, 0.29) is 11.7 Å². The highest BCUT2D eigenvalue weighted by Gasteiger charge is 2.16. The van der Waals surface area contributed by atoms with E-state index in [2.05, 4.69) is 20.5 Å². The number of carbonyl (C=O) groups excluding carboxylic acids is 1. The van der Waals surface area contributed by atoms with Gasteiger partial charge in [0.15, 0.2) is 5.16 Å². The topological polar surface area (TPSA) is 87.5 Å². The van der Waals surface area contributed by atoms with Gasteiger partial charge in [-0.3, -0.25) is 4.79 Å². The second-order valence-corrected chi connectivity index (χ2v) is 6.69. The monoisotopic (exact) mass is 344 g/mol. The second-order valence-electron chi connectivity index (χ2n) is 5.38. The Morgan fingerprint density at radius 3 is 2.50 bits per heavy atom. The molecule has 0 saturated heterocycles. The first-order chi connectivity index (χ1) is 11.4. The maximum absolute atomic E-state index is 12.2. The molecule has 126 valence electrons. The quantitative estimate of drug-likeness (QED) is 0.377. The van der Waals surface area contributed by atoms with Crippen LogP contribution in [0.1, 0.15) is 30.8 Å². The number of rotatable bonds is 5. The van der Waals surface area contributed by atoms with Crippen LogP contribution in [0.3, 0.4) is 0 Å². The number of amides is 1. The third-order valence-corrected chi connectivity index (χ3v) is 4.20. The van der Waals surface area contributed by atoms with Crippen molar-refractivity contribution < 1.29 is 9.90 Å². The zero-order valence-electron chi connectivity index (χ0n) is 14.1. The predicted octanol–water partition coefficient (Wildman–Crippen LogP) is 2.82. The largest absolute Gasteiger partial charge is 0.507 e. The zero-order chi connectivity index (χ0) is 17.7. The molecule has 0 saturated carbocycles. The number of aryl methyl sites for hydroxylation is 2. The fraction of sp³-hybridized carbons (Fsp3) is 0.294. The van der Waals surface area contributed by atoms with E-state index in [1.165, 1.54) is 11.8 Å². The molecule has 0 aliphatic heterocycles. The fourth-order valence-electron chi connectivity index (χ4n) is 2.03. The highest BCUT2D eigenvalue weighted by molar-refractivity contribution is 8.00. The molecule has 24 heavy (non-hydrogen) atoms. The highest BCUT2D eigenvalue weighted by atomic mass is 32.2. The number of nitrogens with one attached hydrogen (secondary N) is 1. The molecule has 1 heterocycles. The molecular formula is C17H20N4O2S. The van der Waals surface area contributed by atoms with Crippen LogP contribution in [0, 0.1) is 13.8 Å². The minimum atomic E-state index is -0.396. The molecule has 0 spiro atoms. The molecule has 6 nitrogen and oxygen atoms in total. The Kier molecular flexibility index (Phi) is 5.92. The lowest BCUT2D eigenvalue weighted by atomic mass is 10.1. The lowest BCUT2D eigenvalue weighted by Gasteiger charge is -2.10. The van der Waals surface area contributed by atoms with Gasteiger partial charge in [-0.05, 0) is 45.9 Å². The van der Waals surface area contributed by atoms with Crippen LogP contribution in [0.15, 0.2) is 40.6 Å². The van der Waals surface area contributed by atoms with Crippen LogP contribution < -0.4 is 5.43 Å². The predicted molar refractivity (Wildman–Crippen MR) is 95.3 cm³/mol. The zero-order valence-corrected chi connectivity index (χ0v) is 14.9. The van der Waals surface area contributed by atoms with E-state index in [4.69, 9.17) is 0 Å². The molecule has 0 aliphatic rings. The maximum atomic E-state index is 12.2. The number of phenols is 1. The molecular weight excluding hydrogens is 324 g/mol. The number of hydrazone groups is 1. The summed E-state index contributed by atoms with van der Waals surface area (Å²) in [6, 6.07) is 8.72. The van der Waals surface area contributed by atoms with Crippen molar-refractivity contribution in [3.63, 3.8) is 0 Å². The van der Waals surface area contributed by atoms with Crippen LogP contribution in [-0.4, -0.2) is 31.9 Å². The molecule has 2 N–H and O–H groups in total. The standard InChI is InChI=1S/C17H20N4O2S/c1-10-9-11(2)19-17(18-10)24-13(4)16(23)21-20-12(3)14-7-5-6-8-15(14)22/h5-9,13,22H,1-4H3,(H,21,23)/b20-12+/t13-/m0/s1. The summed E-state index contributed by atoms with van der Waals surface area (Å²) in [5.41, 5.74) is 5.36. The number of hydrogen-bond donors (Lipinski definition) is 2. The highest BCUT2D eigenvalue weighted by Crippen LogP contribution is 2.20. The van der Waals surface area contributed by atoms with Crippen molar-refractivity contribution in [2.24, 2.45) is 5.10 Å². The molecule has 0 unspecified atom stereocenters. The first-order valence-corrected chi connectivity index (χ1v) is 8.36. The lowest BCUT2D eigenvalue weighted by Crippen LogP contribution is -2.28. The van der Waals surface area contributed by atoms with Gasteiger partial charge < -0.3 is 5.11 Å². The van der Waals surface area contributed by atoms with Crippen LogP contribution in [0.25, 0.3) is 0 Å². The van der Waals surface area contributed by atoms with E-state index in [0.717, 1.165) is 11.4 Å². The first kappa shape index (κ1) is 17.9. The number of nitrogens with zero attached hydrogens (tertiary/aromatic N) is 3. The van der Waals surface area contributed by atoms with Gasteiger partial charge in [0.05, 0.1) is 11.0 Å². The van der Waals surface area contributed by atoms with Gasteiger partial charge in [0.2, 0.25) is 0 Å². The average molecular weight is 344 g/mol. The van der Waals surface area contributed by atoms with Crippen molar-refractivity contribution in [2.45, 2.75) is 38.1 Å². The number of thioether (sulfide) groups is 1. The van der Waals surface area contributed by atoms with Gasteiger partial charge in [-0.25, -0.2) is 15.4 Å². The summed E-state index contributed by atoms with van der Waals surface area (Å²) in [6.45, 7) is 7.28. The maximum Gasteiger partial charge on any atom is 0.253 e. The molecule has 1 aromatic heterocycles. The SMILES string of the molecule is C/C(=N\NC(=O)[C@H](C)Sc1nc(C)cc(C)n1)c1ccccc1O. The van der Waals surface area contributed by atoms with E-state index < -0.39 is 5.25 Å². The Hall–Kier alpha value is -2.41. The molecule has 1 aromatic carbocycles. The number of phenolic OH excluding ortho intramolecular Hbond substituents is 1. The summed E-state index contributed by atoms with van der Waals surface area (Å²) in [5.74, 6) is -0.128. The Labute approximate surface area is 145 Å². The first-order valence-electron chi connectivity index (χ1n) is 7.48. The summed E-state index contributed by atoms with van der Waals surface area (Å²) in [4.78, 5) is 20.8. The minimum Gasteiger partial charge on any atom is -0.507 e. The number of hydrogen-bond acceptors (Lipinski definition) is 6. The van der Waals surface area contributed by atoms with Gasteiger partial charge in [0.1, 0.15) is 5.75 Å². The number of benzene rings is 1. The van der Waals surface area contributed by atoms with E-state index in [1.807, 2.05) is 19.9 Å². The summed E-state index contributed by atoms with van der Waals surface area (Å²) in [6.07, 6.45) is 0.